The van der Waals surface area contributed by atoms with Crippen molar-refractivity contribution in [3.05, 3.63) is 64.7 Å². The van der Waals surface area contributed by atoms with E-state index in [-0.39, 0.29) is 6.04 Å². The minimum absolute atomic E-state index is 0.155. The normalized spacial score (nSPS) is 12.0. The summed E-state index contributed by atoms with van der Waals surface area (Å²) in [5, 5.41) is 7.94. The van der Waals surface area contributed by atoms with Crippen molar-refractivity contribution in [1.29, 1.82) is 0 Å². The molecular formula is C18H23ClN3S+. The summed E-state index contributed by atoms with van der Waals surface area (Å²) in [6.45, 7) is 2.91. The standard InChI is InChI=1S/C18H22ClN3S/c1-13-9-10-15(11-16(13)19)20-18(23)21-17(12-22(2)3)14-7-5-4-6-8-14/h4-11,17H,12H2,1-3H3,(H2,20,21,23)/p+1/t17-/m0/s1. The van der Waals surface area contributed by atoms with E-state index in [1.165, 1.54) is 10.5 Å². The fraction of sp³-hybridized carbons (Fsp3) is 0.278. The molecule has 122 valence electrons. The van der Waals surface area contributed by atoms with Crippen LogP contribution in [-0.2, 0) is 0 Å². The lowest BCUT2D eigenvalue weighted by Crippen LogP contribution is -3.06. The number of likely N-dealkylation sites (N-methyl/N-ethyl adjacent to an activating group) is 1. The average molecular weight is 349 g/mol. The van der Waals surface area contributed by atoms with Crippen LogP contribution >= 0.6 is 23.8 Å². The van der Waals surface area contributed by atoms with Crippen molar-refractivity contribution in [1.82, 2.24) is 5.32 Å². The van der Waals surface area contributed by atoms with E-state index in [9.17, 15) is 0 Å². The lowest BCUT2D eigenvalue weighted by molar-refractivity contribution is -0.860. The van der Waals surface area contributed by atoms with E-state index in [4.69, 9.17) is 23.8 Å². The first-order valence-electron chi connectivity index (χ1n) is 7.63. The average Bonchev–Trinajstić information content (AvgIpc) is 2.51. The lowest BCUT2D eigenvalue weighted by atomic mass is 10.1. The molecule has 0 bridgehead atoms. The maximum absolute atomic E-state index is 6.16. The van der Waals surface area contributed by atoms with Gasteiger partial charge in [0.15, 0.2) is 5.11 Å². The van der Waals surface area contributed by atoms with Gasteiger partial charge < -0.3 is 15.5 Å². The molecule has 0 aliphatic heterocycles. The van der Waals surface area contributed by atoms with Crippen LogP contribution in [-0.4, -0.2) is 25.8 Å². The van der Waals surface area contributed by atoms with Crippen molar-refractivity contribution >= 4 is 34.6 Å². The molecule has 0 unspecified atom stereocenters. The van der Waals surface area contributed by atoms with Crippen LogP contribution < -0.4 is 15.5 Å². The lowest BCUT2D eigenvalue weighted by Gasteiger charge is -2.22. The molecule has 2 aromatic rings. The predicted molar refractivity (Wildman–Crippen MR) is 102 cm³/mol. The van der Waals surface area contributed by atoms with E-state index < -0.39 is 0 Å². The Morgan fingerprint density at radius 2 is 1.87 bits per heavy atom. The number of hydrogen-bond acceptors (Lipinski definition) is 1. The van der Waals surface area contributed by atoms with Crippen LogP contribution in [0.1, 0.15) is 17.2 Å². The second-order valence-electron chi connectivity index (χ2n) is 5.94. The summed E-state index contributed by atoms with van der Waals surface area (Å²) in [6.07, 6.45) is 0. The molecule has 5 heteroatoms. The number of quaternary nitrogens is 1. The first-order valence-corrected chi connectivity index (χ1v) is 8.42. The Morgan fingerprint density at radius 1 is 1.17 bits per heavy atom. The molecule has 0 aromatic heterocycles. The zero-order valence-corrected chi connectivity index (χ0v) is 15.3. The number of benzene rings is 2. The van der Waals surface area contributed by atoms with E-state index in [0.29, 0.717) is 5.11 Å². The minimum Gasteiger partial charge on any atom is -0.350 e. The molecule has 0 fully saturated rings. The van der Waals surface area contributed by atoms with Gasteiger partial charge in [-0.3, -0.25) is 0 Å². The van der Waals surface area contributed by atoms with E-state index in [2.05, 4.69) is 36.9 Å². The second kappa shape index (κ2) is 8.29. The van der Waals surface area contributed by atoms with Crippen LogP contribution in [0.3, 0.4) is 0 Å². The second-order valence-corrected chi connectivity index (χ2v) is 6.75. The molecule has 3 N–H and O–H groups in total. The van der Waals surface area contributed by atoms with Crippen molar-refractivity contribution in [2.45, 2.75) is 13.0 Å². The molecule has 2 rings (SSSR count). The van der Waals surface area contributed by atoms with Crippen LogP contribution in [0.4, 0.5) is 5.69 Å². The largest absolute Gasteiger partial charge is 0.350 e. The third-order valence-corrected chi connectivity index (χ3v) is 4.18. The predicted octanol–water partition coefficient (Wildman–Crippen LogP) is 2.82. The summed E-state index contributed by atoms with van der Waals surface area (Å²) < 4.78 is 0. The van der Waals surface area contributed by atoms with E-state index in [0.717, 1.165) is 22.8 Å². The molecular weight excluding hydrogens is 326 g/mol. The monoisotopic (exact) mass is 348 g/mol. The highest BCUT2D eigenvalue weighted by molar-refractivity contribution is 7.80. The van der Waals surface area contributed by atoms with Crippen LogP contribution in [0.2, 0.25) is 5.02 Å². The summed E-state index contributed by atoms with van der Waals surface area (Å²) in [4.78, 5) is 1.35. The minimum atomic E-state index is 0.155. The number of anilines is 1. The number of aryl methyl sites for hydroxylation is 1. The highest BCUT2D eigenvalue weighted by atomic mass is 35.5. The first kappa shape index (κ1) is 17.7. The molecule has 1 atom stereocenters. The van der Waals surface area contributed by atoms with Gasteiger partial charge in [-0.05, 0) is 42.4 Å². The van der Waals surface area contributed by atoms with E-state index >= 15 is 0 Å². The van der Waals surface area contributed by atoms with Crippen molar-refractivity contribution < 1.29 is 4.90 Å². The molecule has 0 aliphatic carbocycles. The molecule has 23 heavy (non-hydrogen) atoms. The van der Waals surface area contributed by atoms with Crippen LogP contribution in [0, 0.1) is 6.92 Å². The SMILES string of the molecule is Cc1ccc(NC(=S)N[C@@H](C[NH+](C)C)c2ccccc2)cc1Cl. The Hall–Kier alpha value is -1.62. The van der Waals surface area contributed by atoms with Gasteiger partial charge in [-0.15, -0.1) is 0 Å². The fourth-order valence-corrected chi connectivity index (χ4v) is 2.78. The topological polar surface area (TPSA) is 28.5 Å². The van der Waals surface area contributed by atoms with Gasteiger partial charge in [0, 0.05) is 10.7 Å². The van der Waals surface area contributed by atoms with Crippen LogP contribution in [0.5, 0.6) is 0 Å². The van der Waals surface area contributed by atoms with Gasteiger partial charge in [0.2, 0.25) is 0 Å². The smallest absolute Gasteiger partial charge is 0.171 e. The van der Waals surface area contributed by atoms with Crippen LogP contribution in [0.15, 0.2) is 48.5 Å². The third kappa shape index (κ3) is 5.50. The summed E-state index contributed by atoms with van der Waals surface area (Å²) >= 11 is 11.6. The highest BCUT2D eigenvalue weighted by Gasteiger charge is 2.16. The Kier molecular flexibility index (Phi) is 6.39. The summed E-state index contributed by atoms with van der Waals surface area (Å²) in [7, 11) is 4.27. The van der Waals surface area contributed by atoms with Crippen molar-refractivity contribution in [3.63, 3.8) is 0 Å². The Bertz CT molecular complexity index is 659. The molecule has 0 aliphatic rings. The van der Waals surface area contributed by atoms with E-state index in [1.807, 2.05) is 43.3 Å². The number of hydrogen-bond donors (Lipinski definition) is 3. The summed E-state index contributed by atoms with van der Waals surface area (Å²) in [6, 6.07) is 16.3. The molecule has 0 heterocycles. The zero-order valence-electron chi connectivity index (χ0n) is 13.7. The van der Waals surface area contributed by atoms with Gasteiger partial charge in [-0.1, -0.05) is 48.0 Å². The number of thiocarbonyl (C=S) groups is 1. The number of halogens is 1. The summed E-state index contributed by atoms with van der Waals surface area (Å²) in [5.74, 6) is 0. The Balaban J connectivity index is 2.06. The third-order valence-electron chi connectivity index (χ3n) is 3.55. The maximum atomic E-state index is 6.16. The summed E-state index contributed by atoms with van der Waals surface area (Å²) in [5.41, 5.74) is 3.16. The van der Waals surface area contributed by atoms with Crippen molar-refractivity contribution in [2.75, 3.05) is 26.0 Å². The van der Waals surface area contributed by atoms with Crippen molar-refractivity contribution in [2.24, 2.45) is 0 Å². The number of nitrogens with one attached hydrogen (secondary N) is 3. The van der Waals surface area contributed by atoms with Crippen LogP contribution in [0.25, 0.3) is 0 Å². The highest BCUT2D eigenvalue weighted by Crippen LogP contribution is 2.20. The Labute approximate surface area is 148 Å². The molecule has 0 radical (unpaired) electrons. The van der Waals surface area contributed by atoms with Gasteiger partial charge in [0.25, 0.3) is 0 Å². The quantitative estimate of drug-likeness (QED) is 0.726. The molecule has 0 saturated carbocycles. The van der Waals surface area contributed by atoms with Gasteiger partial charge in [-0.2, -0.15) is 0 Å². The molecule has 0 spiro atoms. The van der Waals surface area contributed by atoms with Crippen molar-refractivity contribution in [3.8, 4) is 0 Å². The van der Waals surface area contributed by atoms with Gasteiger partial charge in [0.1, 0.15) is 12.6 Å². The molecule has 0 saturated heterocycles. The Morgan fingerprint density at radius 3 is 2.48 bits per heavy atom. The number of rotatable bonds is 5. The van der Waals surface area contributed by atoms with Gasteiger partial charge >= 0.3 is 0 Å². The van der Waals surface area contributed by atoms with Gasteiger partial charge in [-0.25, -0.2) is 0 Å². The molecule has 2 aromatic carbocycles. The van der Waals surface area contributed by atoms with E-state index in [1.54, 1.807) is 0 Å². The maximum Gasteiger partial charge on any atom is 0.171 e. The molecule has 3 nitrogen and oxygen atoms in total. The molecule has 0 amide bonds. The zero-order chi connectivity index (χ0) is 16.8. The van der Waals surface area contributed by atoms with Gasteiger partial charge in [0.05, 0.1) is 14.1 Å². The first-order chi connectivity index (χ1) is 11.0. The fourth-order valence-electron chi connectivity index (χ4n) is 2.34.